The van der Waals surface area contributed by atoms with Gasteiger partial charge < -0.3 is 0 Å². The molecule has 1 aliphatic rings. The fraction of sp³-hybridized carbons (Fsp3) is 0.0682. The van der Waals surface area contributed by atoms with Gasteiger partial charge in [0.2, 0.25) is 0 Å². The molecule has 4 aromatic carbocycles. The van der Waals surface area contributed by atoms with Gasteiger partial charge in [-0.15, -0.1) is 0 Å². The molecule has 7 rings (SSSR count). The predicted molar refractivity (Wildman–Crippen MR) is 202 cm³/mol. The van der Waals surface area contributed by atoms with E-state index in [1.165, 1.54) is 16.7 Å². The summed E-state index contributed by atoms with van der Waals surface area (Å²) in [6.45, 7) is 8.31. The van der Waals surface area contributed by atoms with Gasteiger partial charge in [-0.2, -0.15) is 0 Å². The molecule has 2 heterocycles. The topological polar surface area (TPSA) is 38.7 Å². The fourth-order valence-corrected chi connectivity index (χ4v) is 6.14. The first-order valence-corrected chi connectivity index (χ1v) is 16.0. The van der Waals surface area contributed by atoms with Crippen molar-refractivity contribution in [3.63, 3.8) is 0 Å². The minimum absolute atomic E-state index is 0.652. The predicted octanol–water partition coefficient (Wildman–Crippen LogP) is 11.4. The number of fused-ring (bicyclic) bond motifs is 7. The summed E-state index contributed by atoms with van der Waals surface area (Å²) in [5, 5.41) is 4.38. The van der Waals surface area contributed by atoms with E-state index in [1.54, 1.807) is 0 Å². The summed E-state index contributed by atoms with van der Waals surface area (Å²) in [5.41, 5.74) is 10.8. The van der Waals surface area contributed by atoms with Crippen molar-refractivity contribution in [2.75, 3.05) is 0 Å². The third-order valence-electron chi connectivity index (χ3n) is 8.60. The molecule has 0 aliphatic heterocycles. The van der Waals surface area contributed by atoms with Crippen LogP contribution in [0.25, 0.3) is 67.0 Å². The molecule has 0 atom stereocenters. The van der Waals surface area contributed by atoms with Gasteiger partial charge in [-0.25, -0.2) is 9.97 Å². The van der Waals surface area contributed by atoms with E-state index in [2.05, 4.69) is 123 Å². The van der Waals surface area contributed by atoms with E-state index in [9.17, 15) is 0 Å². The first-order valence-electron chi connectivity index (χ1n) is 16.0. The van der Waals surface area contributed by atoms with E-state index in [0.29, 0.717) is 5.82 Å². The molecule has 0 fully saturated rings. The van der Waals surface area contributed by atoms with Crippen LogP contribution in [0.2, 0.25) is 0 Å². The second kappa shape index (κ2) is 13.2. The van der Waals surface area contributed by atoms with Crippen molar-refractivity contribution in [2.45, 2.75) is 20.3 Å². The molecule has 0 spiro atoms. The number of rotatable bonds is 7. The van der Waals surface area contributed by atoms with Crippen LogP contribution in [0.5, 0.6) is 0 Å². The lowest BCUT2D eigenvalue weighted by Gasteiger charge is -2.12. The highest BCUT2D eigenvalue weighted by atomic mass is 14.9. The second-order valence-corrected chi connectivity index (χ2v) is 11.6. The first-order chi connectivity index (χ1) is 23.1. The van der Waals surface area contributed by atoms with Gasteiger partial charge >= 0.3 is 0 Å². The summed E-state index contributed by atoms with van der Waals surface area (Å²) >= 11 is 0. The van der Waals surface area contributed by atoms with Crippen LogP contribution in [0.15, 0.2) is 146 Å². The van der Waals surface area contributed by atoms with Crippen molar-refractivity contribution < 1.29 is 0 Å². The maximum Gasteiger partial charge on any atom is 0.153 e. The molecule has 1 aliphatic carbocycles. The lowest BCUT2D eigenvalue weighted by atomic mass is 9.96. The number of benzene rings is 4. The summed E-state index contributed by atoms with van der Waals surface area (Å²) in [6.07, 6.45) is 23.2. The normalized spacial score (nSPS) is 13.7. The zero-order valence-electron chi connectivity index (χ0n) is 26.7. The van der Waals surface area contributed by atoms with Crippen molar-refractivity contribution in [3.05, 3.63) is 175 Å². The van der Waals surface area contributed by atoms with Gasteiger partial charge in [0.25, 0.3) is 0 Å². The molecule has 3 heteroatoms. The summed E-state index contributed by atoms with van der Waals surface area (Å²) in [4.78, 5) is 15.1. The molecule has 0 N–H and O–H groups in total. The smallest absolute Gasteiger partial charge is 0.153 e. The van der Waals surface area contributed by atoms with Crippen LogP contribution in [0.4, 0.5) is 0 Å². The summed E-state index contributed by atoms with van der Waals surface area (Å²) in [5.74, 6) is 0.652. The number of hydrogen-bond donors (Lipinski definition) is 0. The van der Waals surface area contributed by atoms with E-state index >= 15 is 0 Å². The van der Waals surface area contributed by atoms with Crippen molar-refractivity contribution in [1.29, 1.82) is 0 Å². The summed E-state index contributed by atoms with van der Waals surface area (Å²) < 4.78 is 0. The highest BCUT2D eigenvalue weighted by Gasteiger charge is 2.15. The van der Waals surface area contributed by atoms with Crippen LogP contribution in [0, 0.1) is 0 Å². The van der Waals surface area contributed by atoms with E-state index in [-0.39, 0.29) is 0 Å². The number of pyridine rings is 1. The van der Waals surface area contributed by atoms with Gasteiger partial charge in [0.1, 0.15) is 0 Å². The Labute approximate surface area is 276 Å². The third-order valence-corrected chi connectivity index (χ3v) is 8.60. The highest BCUT2D eigenvalue weighted by molar-refractivity contribution is 6.08. The molecular formula is C44H35N3. The average Bonchev–Trinajstić information content (AvgIpc) is 3.29. The van der Waals surface area contributed by atoms with Crippen LogP contribution >= 0.6 is 0 Å². The van der Waals surface area contributed by atoms with Gasteiger partial charge in [-0.05, 0) is 65.8 Å². The molecule has 0 saturated heterocycles. The van der Waals surface area contributed by atoms with Crippen molar-refractivity contribution >= 4 is 55.9 Å². The zero-order valence-corrected chi connectivity index (χ0v) is 26.7. The molecule has 0 bridgehead atoms. The van der Waals surface area contributed by atoms with Gasteiger partial charge in [-0.1, -0.05) is 134 Å². The lowest BCUT2D eigenvalue weighted by Crippen LogP contribution is -1.97. The zero-order chi connectivity index (χ0) is 32.2. The standard InChI is InChI=1S/C44H35N3/c1-4-6-7-8-9-21-42-46-43(38-27-26-33-16-11-13-19-37(33)44(38)47-42)31(5-2)23-22-30(3)34-24-25-35-28-39-36-18-12-10-15-32(36)17-14-20-40(39)45-41(35)29-34/h4-19,21-29H,2,20H2,1,3H3/b6-4-,8-7-,21-9+,30-22+,31-23+. The second-order valence-electron chi connectivity index (χ2n) is 11.6. The van der Waals surface area contributed by atoms with E-state index in [4.69, 9.17) is 15.0 Å². The van der Waals surface area contributed by atoms with Gasteiger partial charge in [0.05, 0.1) is 22.4 Å². The number of nitrogens with zero attached hydrogens (tertiary/aromatic N) is 3. The summed E-state index contributed by atoms with van der Waals surface area (Å²) in [7, 11) is 0. The molecule has 0 saturated carbocycles. The van der Waals surface area contributed by atoms with E-state index in [1.807, 2.05) is 49.5 Å². The number of aromatic nitrogens is 3. The Morgan fingerprint density at radius 2 is 1.57 bits per heavy atom. The Balaban J connectivity index is 1.28. The molecule has 6 aromatic rings. The Morgan fingerprint density at radius 1 is 0.745 bits per heavy atom. The van der Waals surface area contributed by atoms with Crippen LogP contribution < -0.4 is 0 Å². The minimum Gasteiger partial charge on any atom is -0.252 e. The van der Waals surface area contributed by atoms with E-state index < -0.39 is 0 Å². The SMILES string of the molecule is C=C/C(=C\C=C(/C)c1ccc2cc3c(nc2c1)CC=Cc1ccccc1-3)c1nc(/C=C/C=C\C=C/C)nc2c1ccc1ccccc12. The molecule has 47 heavy (non-hydrogen) atoms. The van der Waals surface area contributed by atoms with Crippen molar-refractivity contribution in [1.82, 2.24) is 15.0 Å². The fourth-order valence-electron chi connectivity index (χ4n) is 6.14. The quantitative estimate of drug-likeness (QED) is 0.134. The minimum atomic E-state index is 0.652. The largest absolute Gasteiger partial charge is 0.252 e. The van der Waals surface area contributed by atoms with Crippen LogP contribution in [-0.4, -0.2) is 15.0 Å². The monoisotopic (exact) mass is 605 g/mol. The molecule has 2 aromatic heterocycles. The van der Waals surface area contributed by atoms with Crippen LogP contribution in [0.3, 0.4) is 0 Å². The van der Waals surface area contributed by atoms with Crippen LogP contribution in [-0.2, 0) is 6.42 Å². The molecule has 0 unspecified atom stereocenters. The average molecular weight is 606 g/mol. The van der Waals surface area contributed by atoms with Gasteiger partial charge in [0.15, 0.2) is 5.82 Å². The highest BCUT2D eigenvalue weighted by Crippen LogP contribution is 2.34. The Morgan fingerprint density at radius 3 is 2.47 bits per heavy atom. The van der Waals surface area contributed by atoms with Gasteiger partial charge in [0, 0.05) is 33.7 Å². The number of allylic oxidation sites excluding steroid dienone is 11. The summed E-state index contributed by atoms with van der Waals surface area (Å²) in [6, 6.07) is 30.0. The Bertz CT molecular complexity index is 2360. The Kier molecular flexibility index (Phi) is 8.36. The molecule has 0 amide bonds. The Hall–Kier alpha value is -5.93. The molecule has 3 nitrogen and oxygen atoms in total. The molecule has 0 radical (unpaired) electrons. The maximum atomic E-state index is 5.14. The van der Waals surface area contributed by atoms with Crippen molar-refractivity contribution in [3.8, 4) is 11.1 Å². The van der Waals surface area contributed by atoms with Crippen LogP contribution in [0.1, 0.15) is 42.2 Å². The molecular weight excluding hydrogens is 571 g/mol. The van der Waals surface area contributed by atoms with Gasteiger partial charge in [-0.3, -0.25) is 4.98 Å². The third kappa shape index (κ3) is 6.04. The first kappa shape index (κ1) is 29.8. The van der Waals surface area contributed by atoms with E-state index in [0.717, 1.165) is 67.1 Å². The lowest BCUT2D eigenvalue weighted by molar-refractivity contribution is 1.16. The maximum absolute atomic E-state index is 5.14. The van der Waals surface area contributed by atoms with Crippen molar-refractivity contribution in [2.24, 2.45) is 0 Å². The molecule has 226 valence electrons. The number of hydrogen-bond acceptors (Lipinski definition) is 3.